The van der Waals surface area contributed by atoms with Crippen LogP contribution < -0.4 is 10.6 Å². The van der Waals surface area contributed by atoms with Crippen LogP contribution in [0.25, 0.3) is 0 Å². The molecule has 1 amide bonds. The third-order valence-electron chi connectivity index (χ3n) is 2.99. The van der Waals surface area contributed by atoms with Crippen LogP contribution in [-0.4, -0.2) is 43.2 Å². The van der Waals surface area contributed by atoms with E-state index >= 15 is 0 Å². The van der Waals surface area contributed by atoms with Gasteiger partial charge < -0.3 is 15.4 Å². The normalized spacial score (nSPS) is 16.3. The monoisotopic (exact) mass is 327 g/mol. The second-order valence-electron chi connectivity index (χ2n) is 4.47. The highest BCUT2D eigenvalue weighted by Crippen LogP contribution is 2.09. The van der Waals surface area contributed by atoms with Gasteiger partial charge in [0.1, 0.15) is 0 Å². The zero-order valence-electron chi connectivity index (χ0n) is 10.7. The molecule has 1 saturated heterocycles. The molecule has 0 aromatic carbocycles. The van der Waals surface area contributed by atoms with Crippen molar-refractivity contribution in [2.24, 2.45) is 0 Å². The Morgan fingerprint density at radius 2 is 2.26 bits per heavy atom. The molecule has 6 heteroatoms. The van der Waals surface area contributed by atoms with Crippen LogP contribution in [0.1, 0.15) is 23.2 Å². The molecule has 0 unspecified atom stereocenters. The fourth-order valence-electron chi connectivity index (χ4n) is 1.99. The van der Waals surface area contributed by atoms with Crippen LogP contribution in [0.3, 0.4) is 0 Å². The van der Waals surface area contributed by atoms with Gasteiger partial charge in [0.25, 0.3) is 5.91 Å². The van der Waals surface area contributed by atoms with Gasteiger partial charge in [-0.15, -0.1) is 0 Å². The molecule has 0 bridgehead atoms. The molecule has 0 radical (unpaired) electrons. The summed E-state index contributed by atoms with van der Waals surface area (Å²) in [6, 6.07) is 1.75. The summed E-state index contributed by atoms with van der Waals surface area (Å²) in [5.74, 6) is -0.122. The molecule has 0 saturated carbocycles. The van der Waals surface area contributed by atoms with Crippen molar-refractivity contribution in [3.8, 4) is 0 Å². The molecular weight excluding hydrogens is 310 g/mol. The van der Waals surface area contributed by atoms with Crippen molar-refractivity contribution in [1.29, 1.82) is 0 Å². The second-order valence-corrected chi connectivity index (χ2v) is 5.38. The predicted molar refractivity (Wildman–Crippen MR) is 76.1 cm³/mol. The van der Waals surface area contributed by atoms with E-state index in [1.54, 1.807) is 18.5 Å². The van der Waals surface area contributed by atoms with E-state index < -0.39 is 0 Å². The lowest BCUT2D eigenvalue weighted by molar-refractivity contribution is 0.0343. The van der Waals surface area contributed by atoms with Gasteiger partial charge in [0.15, 0.2) is 0 Å². The lowest BCUT2D eigenvalue weighted by Crippen LogP contribution is -2.34. The maximum absolute atomic E-state index is 11.8. The SMILES string of the molecule is O=C(NCCOC1CCNCC1)c1cncc(Br)c1. The summed E-state index contributed by atoms with van der Waals surface area (Å²) in [6.07, 6.45) is 5.61. The minimum absolute atomic E-state index is 0.122. The predicted octanol–water partition coefficient (Wildman–Crippen LogP) is 1.34. The van der Waals surface area contributed by atoms with Gasteiger partial charge in [-0.05, 0) is 47.9 Å². The van der Waals surface area contributed by atoms with Gasteiger partial charge in [-0.1, -0.05) is 0 Å². The van der Waals surface area contributed by atoms with Gasteiger partial charge in [0.2, 0.25) is 0 Å². The molecule has 1 aromatic heterocycles. The van der Waals surface area contributed by atoms with Crippen molar-refractivity contribution in [2.45, 2.75) is 18.9 Å². The van der Waals surface area contributed by atoms with Crippen molar-refractivity contribution in [3.63, 3.8) is 0 Å². The first-order valence-electron chi connectivity index (χ1n) is 6.47. The number of nitrogens with one attached hydrogen (secondary N) is 2. The number of ether oxygens (including phenoxy) is 1. The van der Waals surface area contributed by atoms with Crippen molar-refractivity contribution in [1.82, 2.24) is 15.6 Å². The van der Waals surface area contributed by atoms with Crippen molar-refractivity contribution in [3.05, 3.63) is 28.5 Å². The van der Waals surface area contributed by atoms with E-state index in [0.29, 0.717) is 24.8 Å². The fraction of sp³-hybridized carbons (Fsp3) is 0.538. The Balaban J connectivity index is 1.66. The maximum Gasteiger partial charge on any atom is 0.252 e. The average Bonchev–Trinajstić information content (AvgIpc) is 2.44. The third kappa shape index (κ3) is 4.89. The molecule has 5 nitrogen and oxygen atoms in total. The highest BCUT2D eigenvalue weighted by molar-refractivity contribution is 9.10. The van der Waals surface area contributed by atoms with Gasteiger partial charge in [0.05, 0.1) is 18.3 Å². The first-order valence-corrected chi connectivity index (χ1v) is 7.26. The Hall–Kier alpha value is -0.980. The van der Waals surface area contributed by atoms with E-state index in [1.807, 2.05) is 0 Å². The minimum atomic E-state index is -0.122. The zero-order chi connectivity index (χ0) is 13.5. The van der Waals surface area contributed by atoms with Crippen molar-refractivity contribution >= 4 is 21.8 Å². The van der Waals surface area contributed by atoms with Crippen LogP contribution in [-0.2, 0) is 4.74 Å². The number of carbonyl (C=O) groups excluding carboxylic acids is 1. The number of carbonyl (C=O) groups is 1. The van der Waals surface area contributed by atoms with Crippen molar-refractivity contribution in [2.75, 3.05) is 26.2 Å². The highest BCUT2D eigenvalue weighted by Gasteiger charge is 2.13. The molecule has 104 valence electrons. The molecule has 0 spiro atoms. The second kappa shape index (κ2) is 7.57. The lowest BCUT2D eigenvalue weighted by atomic mass is 10.1. The molecule has 1 aliphatic heterocycles. The molecule has 2 rings (SSSR count). The van der Waals surface area contributed by atoms with E-state index in [9.17, 15) is 4.79 Å². The number of hydrogen-bond acceptors (Lipinski definition) is 4. The summed E-state index contributed by atoms with van der Waals surface area (Å²) in [7, 11) is 0. The number of piperidine rings is 1. The number of nitrogens with zero attached hydrogens (tertiary/aromatic N) is 1. The van der Waals surface area contributed by atoms with E-state index in [0.717, 1.165) is 30.4 Å². The van der Waals surface area contributed by atoms with E-state index in [2.05, 4.69) is 31.5 Å². The summed E-state index contributed by atoms with van der Waals surface area (Å²) in [6.45, 7) is 3.11. The molecule has 0 aliphatic carbocycles. The number of amides is 1. The van der Waals surface area contributed by atoms with Crippen LogP contribution in [0.15, 0.2) is 22.9 Å². The molecule has 1 aromatic rings. The first kappa shape index (κ1) is 14.4. The summed E-state index contributed by atoms with van der Waals surface area (Å²) in [4.78, 5) is 15.8. The van der Waals surface area contributed by atoms with Gasteiger partial charge in [-0.3, -0.25) is 9.78 Å². The number of rotatable bonds is 5. The molecule has 19 heavy (non-hydrogen) atoms. The number of aromatic nitrogens is 1. The molecule has 2 heterocycles. The Kier molecular flexibility index (Phi) is 5.75. The Labute approximate surface area is 121 Å². The van der Waals surface area contributed by atoms with Crippen LogP contribution in [0.5, 0.6) is 0 Å². The standard InChI is InChI=1S/C13H18BrN3O2/c14-11-7-10(8-16-9-11)13(18)17-5-6-19-12-1-3-15-4-2-12/h7-9,12,15H,1-6H2,(H,17,18). The van der Waals surface area contributed by atoms with E-state index in [1.165, 1.54) is 0 Å². The van der Waals surface area contributed by atoms with Crippen molar-refractivity contribution < 1.29 is 9.53 Å². The third-order valence-corrected chi connectivity index (χ3v) is 3.43. The van der Waals surface area contributed by atoms with Crippen LogP contribution in [0.4, 0.5) is 0 Å². The Morgan fingerprint density at radius 3 is 3.00 bits per heavy atom. The fourth-order valence-corrected chi connectivity index (χ4v) is 2.36. The van der Waals surface area contributed by atoms with Crippen LogP contribution >= 0.6 is 15.9 Å². The lowest BCUT2D eigenvalue weighted by Gasteiger charge is -2.22. The Morgan fingerprint density at radius 1 is 1.47 bits per heavy atom. The van der Waals surface area contributed by atoms with E-state index in [4.69, 9.17) is 4.74 Å². The van der Waals surface area contributed by atoms with E-state index in [-0.39, 0.29) is 5.91 Å². The average molecular weight is 328 g/mol. The largest absolute Gasteiger partial charge is 0.376 e. The van der Waals surface area contributed by atoms with Gasteiger partial charge in [-0.2, -0.15) is 0 Å². The minimum Gasteiger partial charge on any atom is -0.376 e. The smallest absolute Gasteiger partial charge is 0.252 e. The molecule has 1 aliphatic rings. The zero-order valence-corrected chi connectivity index (χ0v) is 12.3. The number of pyridine rings is 1. The van der Waals surface area contributed by atoms with Gasteiger partial charge in [-0.25, -0.2) is 0 Å². The van der Waals surface area contributed by atoms with Crippen LogP contribution in [0.2, 0.25) is 0 Å². The topological polar surface area (TPSA) is 63.2 Å². The molecule has 0 atom stereocenters. The summed E-state index contributed by atoms with van der Waals surface area (Å²) < 4.78 is 6.51. The quantitative estimate of drug-likeness (QED) is 0.801. The number of halogens is 1. The number of hydrogen-bond donors (Lipinski definition) is 2. The highest BCUT2D eigenvalue weighted by atomic mass is 79.9. The molecule has 2 N–H and O–H groups in total. The maximum atomic E-state index is 11.8. The summed E-state index contributed by atoms with van der Waals surface area (Å²) in [5.41, 5.74) is 0.552. The van der Waals surface area contributed by atoms with Gasteiger partial charge in [0, 0.05) is 23.4 Å². The van der Waals surface area contributed by atoms with Crippen LogP contribution in [0, 0.1) is 0 Å². The summed E-state index contributed by atoms with van der Waals surface area (Å²) in [5, 5.41) is 6.11. The Bertz CT molecular complexity index is 422. The molecule has 1 fully saturated rings. The summed E-state index contributed by atoms with van der Waals surface area (Å²) >= 11 is 3.29. The molecular formula is C13H18BrN3O2. The first-order chi connectivity index (χ1) is 9.25. The van der Waals surface area contributed by atoms with Gasteiger partial charge >= 0.3 is 0 Å².